The second-order valence-electron chi connectivity index (χ2n) is 8.83. The molecule has 2 N–H and O–H groups in total. The Kier molecular flexibility index (Phi) is 3.77. The van der Waals surface area contributed by atoms with E-state index in [9.17, 15) is 19.8 Å². The van der Waals surface area contributed by atoms with Gasteiger partial charge >= 0.3 is 11.9 Å². The summed E-state index contributed by atoms with van der Waals surface area (Å²) in [6, 6.07) is 6.67. The molecule has 0 saturated heterocycles. The summed E-state index contributed by atoms with van der Waals surface area (Å²) in [4.78, 5) is 24.0. The average molecular weight is 374 g/mol. The summed E-state index contributed by atoms with van der Waals surface area (Å²) in [5.41, 5.74) is 1.54. The van der Waals surface area contributed by atoms with E-state index >= 15 is 0 Å². The van der Waals surface area contributed by atoms with Crippen LogP contribution in [0.4, 0.5) is 0 Å². The van der Waals surface area contributed by atoms with Gasteiger partial charge in [0.1, 0.15) is 0 Å². The molecule has 2 aromatic rings. The van der Waals surface area contributed by atoms with Gasteiger partial charge in [-0.15, -0.1) is 6.42 Å². The summed E-state index contributed by atoms with van der Waals surface area (Å²) >= 11 is 0. The van der Waals surface area contributed by atoms with Crippen LogP contribution in [0.25, 0.3) is 10.8 Å². The summed E-state index contributed by atoms with van der Waals surface area (Å²) in [6.45, 7) is 0. The number of hydrogen-bond acceptors (Lipinski definition) is 2. The van der Waals surface area contributed by atoms with Gasteiger partial charge in [0.2, 0.25) is 0 Å². The van der Waals surface area contributed by atoms with Crippen molar-refractivity contribution >= 4 is 22.7 Å². The van der Waals surface area contributed by atoms with Crippen LogP contribution in [0.1, 0.15) is 69.9 Å². The van der Waals surface area contributed by atoms with E-state index in [1.807, 2.05) is 6.07 Å². The van der Waals surface area contributed by atoms with E-state index in [2.05, 4.69) is 5.92 Å². The molecule has 4 bridgehead atoms. The highest BCUT2D eigenvalue weighted by molar-refractivity contribution is 6.12. The van der Waals surface area contributed by atoms with Crippen LogP contribution in [0, 0.1) is 36.0 Å². The molecule has 0 aromatic heterocycles. The number of rotatable bonds is 3. The van der Waals surface area contributed by atoms with Gasteiger partial charge in [0.15, 0.2) is 0 Å². The van der Waals surface area contributed by atoms with E-state index in [-0.39, 0.29) is 17.0 Å². The van der Waals surface area contributed by atoms with Crippen molar-refractivity contribution in [2.45, 2.75) is 38.0 Å². The lowest BCUT2D eigenvalue weighted by Crippen LogP contribution is -2.44. The molecule has 6 rings (SSSR count). The normalized spacial score (nSPS) is 30.3. The lowest BCUT2D eigenvalue weighted by atomic mass is 9.50. The fourth-order valence-corrected chi connectivity index (χ4v) is 6.71. The molecule has 0 radical (unpaired) electrons. The first-order chi connectivity index (χ1) is 13.5. The molecular weight excluding hydrogens is 352 g/mol. The van der Waals surface area contributed by atoms with Crippen molar-refractivity contribution in [2.24, 2.45) is 23.7 Å². The van der Waals surface area contributed by atoms with E-state index in [1.54, 1.807) is 12.1 Å². The molecule has 0 heterocycles. The molecular formula is C24H22O4. The minimum Gasteiger partial charge on any atom is -0.478 e. The topological polar surface area (TPSA) is 74.6 Å². The Morgan fingerprint density at radius 1 is 0.929 bits per heavy atom. The summed E-state index contributed by atoms with van der Waals surface area (Å²) in [6.07, 6.45) is 11.9. The van der Waals surface area contributed by atoms with Gasteiger partial charge in [-0.1, -0.05) is 18.1 Å². The number of carboxylic acids is 2. The highest BCUT2D eigenvalue weighted by atomic mass is 16.4. The fourth-order valence-electron chi connectivity index (χ4n) is 6.71. The number of aromatic carboxylic acids is 2. The highest BCUT2D eigenvalue weighted by Gasteiger charge is 2.49. The zero-order valence-corrected chi connectivity index (χ0v) is 15.5. The Morgan fingerprint density at radius 3 is 2.11 bits per heavy atom. The number of hydrogen-bond donors (Lipinski definition) is 2. The molecule has 0 amide bonds. The quantitative estimate of drug-likeness (QED) is 0.760. The molecule has 4 nitrogen and oxygen atoms in total. The molecule has 0 unspecified atom stereocenters. The Balaban J connectivity index is 1.79. The number of carbonyl (C=O) groups is 2. The van der Waals surface area contributed by atoms with Gasteiger partial charge in [-0.25, -0.2) is 9.59 Å². The van der Waals surface area contributed by atoms with E-state index in [0.29, 0.717) is 28.2 Å². The molecule has 4 aliphatic rings. The van der Waals surface area contributed by atoms with Crippen LogP contribution in [0.5, 0.6) is 0 Å². The van der Waals surface area contributed by atoms with E-state index < -0.39 is 11.9 Å². The molecule has 4 aliphatic carbocycles. The predicted octanol–water partition coefficient (Wildman–Crippen LogP) is 4.76. The summed E-state index contributed by atoms with van der Waals surface area (Å²) in [7, 11) is 0. The van der Waals surface area contributed by atoms with Crippen molar-refractivity contribution in [1.29, 1.82) is 0 Å². The third-order valence-electron chi connectivity index (χ3n) is 7.39. The van der Waals surface area contributed by atoms with Crippen LogP contribution in [0.2, 0.25) is 0 Å². The number of fused-ring (bicyclic) bond motifs is 1. The summed E-state index contributed by atoms with van der Waals surface area (Å²) in [5, 5.41) is 20.5. The van der Waals surface area contributed by atoms with E-state index in [1.165, 1.54) is 38.2 Å². The molecule has 0 atom stereocenters. The average Bonchev–Trinajstić information content (AvgIpc) is 2.65. The molecule has 4 fully saturated rings. The summed E-state index contributed by atoms with van der Waals surface area (Å²) in [5.74, 6) is 3.41. The van der Waals surface area contributed by atoms with Crippen molar-refractivity contribution in [2.75, 3.05) is 0 Å². The lowest BCUT2D eigenvalue weighted by Gasteiger charge is -2.55. The van der Waals surface area contributed by atoms with E-state index in [0.717, 1.165) is 17.4 Å². The molecule has 4 heteroatoms. The second kappa shape index (κ2) is 6.10. The first kappa shape index (κ1) is 17.3. The van der Waals surface area contributed by atoms with Crippen LogP contribution in [-0.4, -0.2) is 22.2 Å². The summed E-state index contributed by atoms with van der Waals surface area (Å²) < 4.78 is 0. The maximum atomic E-state index is 12.2. The molecule has 0 aliphatic heterocycles. The smallest absolute Gasteiger partial charge is 0.337 e. The van der Waals surface area contributed by atoms with Gasteiger partial charge in [-0.05, 0) is 90.2 Å². The zero-order chi connectivity index (χ0) is 19.6. The van der Waals surface area contributed by atoms with Crippen LogP contribution in [0.3, 0.4) is 0 Å². The Labute approximate surface area is 163 Å². The lowest BCUT2D eigenvalue weighted by molar-refractivity contribution is -0.00285. The Morgan fingerprint density at radius 2 is 1.57 bits per heavy atom. The maximum Gasteiger partial charge on any atom is 0.337 e. The fraction of sp³-hybridized carbons (Fsp3) is 0.417. The maximum absolute atomic E-state index is 12.2. The van der Waals surface area contributed by atoms with Crippen molar-refractivity contribution in [1.82, 2.24) is 0 Å². The van der Waals surface area contributed by atoms with Gasteiger partial charge in [-0.2, -0.15) is 0 Å². The van der Waals surface area contributed by atoms with Gasteiger partial charge in [-0.3, -0.25) is 0 Å². The molecule has 2 aromatic carbocycles. The van der Waals surface area contributed by atoms with Crippen LogP contribution in [-0.2, 0) is 0 Å². The van der Waals surface area contributed by atoms with Gasteiger partial charge < -0.3 is 10.2 Å². The third kappa shape index (κ3) is 2.39. The van der Waals surface area contributed by atoms with Gasteiger partial charge in [0.05, 0.1) is 11.1 Å². The zero-order valence-electron chi connectivity index (χ0n) is 15.5. The van der Waals surface area contributed by atoms with Crippen molar-refractivity contribution in [3.05, 3.63) is 46.5 Å². The third-order valence-corrected chi connectivity index (χ3v) is 7.39. The molecule has 28 heavy (non-hydrogen) atoms. The molecule has 4 saturated carbocycles. The standard InChI is InChI=1S/C24H22O4/c1-2-16-20(21-14-7-12-6-13(9-14)10-15(21)8-12)11-19-17(22(16)24(27)28)4-3-5-18(19)23(25)26/h1,3-5,11-15,21H,6-10H2,(H,25,26)(H,27,28). The SMILES string of the molecule is C#Cc1c(C2C3CC4CC(C3)CC2C4)cc2c(C(=O)O)cccc2c1C(=O)O. The van der Waals surface area contributed by atoms with Crippen molar-refractivity contribution < 1.29 is 19.8 Å². The van der Waals surface area contributed by atoms with Crippen LogP contribution >= 0.6 is 0 Å². The van der Waals surface area contributed by atoms with Crippen molar-refractivity contribution in [3.63, 3.8) is 0 Å². The molecule has 0 spiro atoms. The van der Waals surface area contributed by atoms with Crippen LogP contribution in [0.15, 0.2) is 24.3 Å². The van der Waals surface area contributed by atoms with Gasteiger partial charge in [0, 0.05) is 5.56 Å². The first-order valence-corrected chi connectivity index (χ1v) is 10.0. The van der Waals surface area contributed by atoms with Crippen LogP contribution < -0.4 is 0 Å². The monoisotopic (exact) mass is 374 g/mol. The minimum atomic E-state index is -1.09. The second-order valence-corrected chi connectivity index (χ2v) is 8.83. The Bertz CT molecular complexity index is 1030. The minimum absolute atomic E-state index is 0.0758. The molecule has 142 valence electrons. The number of terminal acetylenes is 1. The highest BCUT2D eigenvalue weighted by Crippen LogP contribution is 2.60. The van der Waals surface area contributed by atoms with Crippen molar-refractivity contribution in [3.8, 4) is 12.3 Å². The number of benzene rings is 2. The number of carboxylic acid groups (broad SMARTS) is 2. The van der Waals surface area contributed by atoms with Gasteiger partial charge in [0.25, 0.3) is 0 Å². The largest absolute Gasteiger partial charge is 0.478 e. The first-order valence-electron chi connectivity index (χ1n) is 10.0. The Hall–Kier alpha value is -2.80. The van der Waals surface area contributed by atoms with E-state index in [4.69, 9.17) is 6.42 Å². The predicted molar refractivity (Wildman–Crippen MR) is 106 cm³/mol.